The summed E-state index contributed by atoms with van der Waals surface area (Å²) in [4.78, 5) is 50.7. The van der Waals surface area contributed by atoms with E-state index in [1.165, 1.54) is 20.8 Å². The monoisotopic (exact) mass is 572 g/mol. The molecule has 216 valence electrons. The second kappa shape index (κ2) is 8.51. The lowest BCUT2D eigenvalue weighted by atomic mass is 9.52. The molecule has 5 saturated heterocycles. The van der Waals surface area contributed by atoms with Crippen LogP contribution in [0, 0.1) is 17.3 Å². The van der Waals surface area contributed by atoms with Crippen LogP contribution in [0.15, 0.2) is 0 Å². The Bertz CT molecular complexity index is 1120. The van der Waals surface area contributed by atoms with Crippen LogP contribution in [0.1, 0.15) is 47.5 Å². The number of ether oxygens (including phenoxy) is 7. The second-order valence-electron chi connectivity index (χ2n) is 12.0. The molecule has 5 aliphatic heterocycles. The molecule has 5 heterocycles. The maximum atomic E-state index is 13.1. The minimum absolute atomic E-state index is 0.291. The van der Waals surface area contributed by atoms with Gasteiger partial charge >= 0.3 is 23.9 Å². The number of carbonyl (C=O) groups is 4. The lowest BCUT2D eigenvalue weighted by molar-refractivity contribution is -0.255. The summed E-state index contributed by atoms with van der Waals surface area (Å²) in [5.74, 6) is -4.20. The summed E-state index contributed by atoms with van der Waals surface area (Å²) in [6, 6.07) is 0. The van der Waals surface area contributed by atoms with Crippen LogP contribution in [0.5, 0.6) is 0 Å². The summed E-state index contributed by atoms with van der Waals surface area (Å²) < 4.78 is 42.7. The van der Waals surface area contributed by atoms with Gasteiger partial charge in [-0.2, -0.15) is 0 Å². The second-order valence-corrected chi connectivity index (χ2v) is 12.4. The first-order valence-corrected chi connectivity index (χ1v) is 13.7. The Morgan fingerprint density at radius 1 is 1.05 bits per heavy atom. The summed E-state index contributed by atoms with van der Waals surface area (Å²) in [7, 11) is 0. The Hall–Kier alpha value is -1.99. The molecular weight excluding hydrogens is 540 g/mol. The van der Waals surface area contributed by atoms with Crippen molar-refractivity contribution in [2.45, 2.75) is 106 Å². The van der Waals surface area contributed by atoms with Crippen molar-refractivity contribution in [2.24, 2.45) is 17.3 Å². The predicted octanol–water partition coefficient (Wildman–Crippen LogP) is 0.417. The molecule has 1 N–H and O–H groups in total. The molecule has 6 rings (SSSR count). The molecule has 0 unspecified atom stereocenters. The highest BCUT2D eigenvalue weighted by Gasteiger charge is 2.85. The third kappa shape index (κ3) is 3.44. The summed E-state index contributed by atoms with van der Waals surface area (Å²) in [5.41, 5.74) is -5.36. The number of esters is 4. The Morgan fingerprint density at radius 3 is 2.23 bits per heavy atom. The lowest BCUT2D eigenvalue weighted by Gasteiger charge is -2.56. The number of aliphatic hydroxyl groups excluding tert-OH is 1. The molecule has 1 saturated carbocycles. The molecule has 12 nitrogen and oxygen atoms in total. The van der Waals surface area contributed by atoms with Gasteiger partial charge in [-0.25, -0.2) is 0 Å². The maximum Gasteiger partial charge on any atom is 0.312 e. The molecule has 2 bridgehead atoms. The minimum atomic E-state index is -1.65. The van der Waals surface area contributed by atoms with Crippen LogP contribution in [0.4, 0.5) is 0 Å². The van der Waals surface area contributed by atoms with Crippen molar-refractivity contribution in [3.8, 4) is 0 Å². The predicted molar refractivity (Wildman–Crippen MR) is 127 cm³/mol. The Balaban J connectivity index is 1.64. The smallest absolute Gasteiger partial charge is 0.312 e. The van der Waals surface area contributed by atoms with Gasteiger partial charge in [0.25, 0.3) is 0 Å². The van der Waals surface area contributed by atoms with Gasteiger partial charge in [0.15, 0.2) is 11.7 Å². The maximum absolute atomic E-state index is 13.1. The van der Waals surface area contributed by atoms with Crippen LogP contribution < -0.4 is 0 Å². The van der Waals surface area contributed by atoms with Gasteiger partial charge in [0.1, 0.15) is 41.5 Å². The third-order valence-corrected chi connectivity index (χ3v) is 10.5. The fraction of sp³-hybridized carbons (Fsp3) is 0.846. The van der Waals surface area contributed by atoms with Crippen LogP contribution in [-0.4, -0.2) is 101 Å². The van der Waals surface area contributed by atoms with Crippen molar-refractivity contribution in [1.29, 1.82) is 0 Å². The fourth-order valence-electron chi connectivity index (χ4n) is 8.16. The topological polar surface area (TPSA) is 160 Å². The number of hydrogen-bond acceptors (Lipinski definition) is 12. The largest absolute Gasteiger partial charge is 0.462 e. The van der Waals surface area contributed by atoms with Crippen molar-refractivity contribution in [3.63, 3.8) is 0 Å². The number of halogens is 1. The first-order chi connectivity index (χ1) is 18.3. The Labute approximate surface area is 229 Å². The van der Waals surface area contributed by atoms with E-state index >= 15 is 0 Å². The standard InChI is InChI=1S/C26H33ClO12/c1-10-22(32)38-21-17(27)25(8-28)19-15(37-19)18(35-12(3)30)23(5)14(34-11(2)29)6-7-24(9-33-24)16(23)20(36-13(4)31)26(10,21)39-25/h10,14-21,28H,6-9H2,1-5H3/t10-,14-,15-,16+,17+,18-,19+,20-,21-,23-,24-,25+,26+/m0/s1. The molecule has 1 aliphatic carbocycles. The zero-order valence-corrected chi connectivity index (χ0v) is 23.1. The van der Waals surface area contributed by atoms with E-state index < -0.39 is 107 Å². The SMILES string of the molecule is CC(=O)O[C@H]1CC[C@]2(CO2)[C@@H]2[C@H](OC(C)=O)[C@@]34O[C@](CO)([C@H](Cl)[C@@H]3OC(=O)[C@@H]4C)[C@@H]3O[C@H]3[C@H](OC(C)=O)[C@@]12C. The van der Waals surface area contributed by atoms with E-state index in [1.54, 1.807) is 13.8 Å². The molecule has 6 fully saturated rings. The zero-order chi connectivity index (χ0) is 28.3. The number of aliphatic hydroxyl groups is 1. The molecule has 0 radical (unpaired) electrons. The third-order valence-electron chi connectivity index (χ3n) is 9.90. The summed E-state index contributed by atoms with van der Waals surface area (Å²) in [6.07, 6.45) is -5.05. The fourth-order valence-corrected chi connectivity index (χ4v) is 8.65. The van der Waals surface area contributed by atoms with Crippen LogP contribution in [0.3, 0.4) is 0 Å². The highest BCUT2D eigenvalue weighted by atomic mass is 35.5. The van der Waals surface area contributed by atoms with Crippen molar-refractivity contribution in [2.75, 3.05) is 13.2 Å². The minimum Gasteiger partial charge on any atom is -0.462 e. The van der Waals surface area contributed by atoms with Crippen molar-refractivity contribution < 1.29 is 57.4 Å². The van der Waals surface area contributed by atoms with E-state index in [9.17, 15) is 24.3 Å². The molecule has 0 aromatic rings. The van der Waals surface area contributed by atoms with Gasteiger partial charge in [-0.3, -0.25) is 19.2 Å². The average Bonchev–Trinajstić information content (AvgIpc) is 3.77. The Kier molecular flexibility index (Phi) is 5.93. The first kappa shape index (κ1) is 27.2. The summed E-state index contributed by atoms with van der Waals surface area (Å²) in [6.45, 7) is 6.87. The van der Waals surface area contributed by atoms with E-state index in [0.717, 1.165) is 0 Å². The number of epoxide rings is 2. The van der Waals surface area contributed by atoms with Crippen LogP contribution in [0.2, 0.25) is 0 Å². The normalized spacial score (nSPS) is 52.7. The summed E-state index contributed by atoms with van der Waals surface area (Å²) in [5, 5.41) is 9.67. The van der Waals surface area contributed by atoms with E-state index in [-0.39, 0.29) is 0 Å². The van der Waals surface area contributed by atoms with Gasteiger partial charge in [-0.05, 0) is 19.8 Å². The van der Waals surface area contributed by atoms with Gasteiger partial charge in [0.2, 0.25) is 0 Å². The van der Waals surface area contributed by atoms with Crippen molar-refractivity contribution in [1.82, 2.24) is 0 Å². The zero-order valence-electron chi connectivity index (χ0n) is 22.3. The highest BCUT2D eigenvalue weighted by Crippen LogP contribution is 2.68. The molecule has 0 aromatic heterocycles. The quantitative estimate of drug-likeness (QED) is 0.214. The number of rotatable bonds is 4. The molecule has 6 aliphatic rings. The molecule has 0 aromatic carbocycles. The number of alkyl halides is 1. The Morgan fingerprint density at radius 2 is 1.67 bits per heavy atom. The first-order valence-electron chi connectivity index (χ1n) is 13.2. The molecule has 0 amide bonds. The van der Waals surface area contributed by atoms with Gasteiger partial charge < -0.3 is 38.3 Å². The van der Waals surface area contributed by atoms with Gasteiger partial charge in [0, 0.05) is 26.7 Å². The van der Waals surface area contributed by atoms with Crippen LogP contribution in [-0.2, 0) is 52.3 Å². The lowest BCUT2D eigenvalue weighted by Crippen LogP contribution is -2.69. The number of carbonyl (C=O) groups excluding carboxylic acids is 4. The number of hydrogen-bond donors (Lipinski definition) is 1. The van der Waals surface area contributed by atoms with Gasteiger partial charge in [0.05, 0.1) is 30.1 Å². The molecule has 2 spiro atoms. The molecular formula is C26H33ClO12. The highest BCUT2D eigenvalue weighted by molar-refractivity contribution is 6.22. The van der Waals surface area contributed by atoms with E-state index in [1.807, 2.05) is 0 Å². The van der Waals surface area contributed by atoms with Crippen LogP contribution >= 0.6 is 11.6 Å². The van der Waals surface area contributed by atoms with E-state index in [0.29, 0.717) is 19.4 Å². The molecule has 13 heteroatoms. The molecule has 13 atom stereocenters. The molecule has 39 heavy (non-hydrogen) atoms. The van der Waals surface area contributed by atoms with Crippen molar-refractivity contribution >= 4 is 35.5 Å². The van der Waals surface area contributed by atoms with E-state index in [2.05, 4.69) is 0 Å². The van der Waals surface area contributed by atoms with Crippen molar-refractivity contribution in [3.05, 3.63) is 0 Å². The summed E-state index contributed by atoms with van der Waals surface area (Å²) >= 11 is 6.97. The average molecular weight is 573 g/mol. The van der Waals surface area contributed by atoms with Gasteiger partial charge in [-0.15, -0.1) is 11.6 Å². The number of fused-ring (bicyclic) bond motifs is 5. The van der Waals surface area contributed by atoms with E-state index in [4.69, 9.17) is 44.8 Å². The van der Waals surface area contributed by atoms with Gasteiger partial charge in [-0.1, -0.05) is 6.92 Å². The van der Waals surface area contributed by atoms with Crippen LogP contribution in [0.25, 0.3) is 0 Å².